The van der Waals surface area contributed by atoms with Crippen molar-refractivity contribution in [2.45, 2.75) is 38.6 Å². The lowest BCUT2D eigenvalue weighted by Gasteiger charge is -2.35. The van der Waals surface area contributed by atoms with Gasteiger partial charge in [0.1, 0.15) is 12.1 Å². The molecule has 0 saturated carbocycles. The average molecular weight is 302 g/mol. The second-order valence-electron chi connectivity index (χ2n) is 6.32. The van der Waals surface area contributed by atoms with Crippen LogP contribution in [0.4, 0.5) is 5.82 Å². The van der Waals surface area contributed by atoms with Crippen LogP contribution in [0.5, 0.6) is 0 Å². The molecule has 0 radical (unpaired) electrons. The first-order valence-electron chi connectivity index (χ1n) is 8.00. The van der Waals surface area contributed by atoms with Crippen molar-refractivity contribution in [1.29, 1.82) is 0 Å². The highest BCUT2D eigenvalue weighted by Crippen LogP contribution is 2.34. The normalized spacial score (nSPS) is 24.0. The van der Waals surface area contributed by atoms with E-state index < -0.39 is 0 Å². The van der Waals surface area contributed by atoms with Gasteiger partial charge in [-0.2, -0.15) is 0 Å². The van der Waals surface area contributed by atoms with Crippen LogP contribution in [0.1, 0.15) is 31.2 Å². The summed E-state index contributed by atoms with van der Waals surface area (Å²) in [5.41, 5.74) is 2.40. The highest BCUT2D eigenvalue weighted by molar-refractivity contribution is 7.18. The van der Waals surface area contributed by atoms with Crippen LogP contribution < -0.4 is 10.2 Å². The summed E-state index contributed by atoms with van der Waals surface area (Å²) in [6.07, 6.45) is 7.02. The molecule has 1 atom stereocenters. The van der Waals surface area contributed by atoms with Crippen molar-refractivity contribution in [2.75, 3.05) is 24.5 Å². The Morgan fingerprint density at radius 1 is 1.24 bits per heavy atom. The fourth-order valence-electron chi connectivity index (χ4n) is 3.81. The first-order chi connectivity index (χ1) is 10.3. The molecule has 2 aliphatic rings. The molecule has 0 amide bonds. The molecule has 4 heterocycles. The molecule has 2 fully saturated rings. The van der Waals surface area contributed by atoms with Gasteiger partial charge in [-0.3, -0.25) is 0 Å². The van der Waals surface area contributed by atoms with Crippen molar-refractivity contribution < 1.29 is 0 Å². The van der Waals surface area contributed by atoms with Crippen LogP contribution in [0.2, 0.25) is 0 Å². The molecule has 1 N–H and O–H groups in total. The molecule has 4 rings (SSSR count). The van der Waals surface area contributed by atoms with Crippen molar-refractivity contribution in [1.82, 2.24) is 15.3 Å². The minimum Gasteiger partial charge on any atom is -0.355 e. The predicted octanol–water partition coefficient (Wildman–Crippen LogP) is 2.97. The second kappa shape index (κ2) is 5.54. The average Bonchev–Trinajstić information content (AvgIpc) is 3.18. The number of aromatic nitrogens is 2. The third-order valence-electron chi connectivity index (χ3n) is 5.02. The number of nitrogens with one attached hydrogen (secondary N) is 1. The van der Waals surface area contributed by atoms with E-state index in [1.54, 1.807) is 17.7 Å². The number of rotatable bonds is 2. The molecule has 1 unspecified atom stereocenters. The fourth-order valence-corrected chi connectivity index (χ4v) is 4.83. The molecule has 2 saturated heterocycles. The van der Waals surface area contributed by atoms with Crippen molar-refractivity contribution in [3.8, 4) is 0 Å². The Hall–Kier alpha value is -1.20. The summed E-state index contributed by atoms with van der Waals surface area (Å²) in [5.74, 6) is 2.00. The van der Waals surface area contributed by atoms with Crippen molar-refractivity contribution in [3.05, 3.63) is 17.3 Å². The van der Waals surface area contributed by atoms with E-state index in [-0.39, 0.29) is 0 Å². The summed E-state index contributed by atoms with van der Waals surface area (Å²) in [6, 6.07) is 0.765. The Labute approximate surface area is 129 Å². The van der Waals surface area contributed by atoms with E-state index in [9.17, 15) is 0 Å². The van der Waals surface area contributed by atoms with E-state index in [4.69, 9.17) is 0 Å². The molecule has 21 heavy (non-hydrogen) atoms. The molecule has 4 nitrogen and oxygen atoms in total. The standard InChI is InChI=1S/C16H22N4S/c1-11-9-21-15-14(11)18-10-19-16(15)20-7-4-12(5-8-20)13-3-2-6-17-13/h9-10,12-13,17H,2-8H2,1H3. The number of aryl methyl sites for hydroxylation is 1. The van der Waals surface area contributed by atoms with Crippen LogP contribution in [0, 0.1) is 12.8 Å². The third-order valence-corrected chi connectivity index (χ3v) is 6.10. The number of anilines is 1. The van der Waals surface area contributed by atoms with E-state index in [1.807, 2.05) is 0 Å². The monoisotopic (exact) mass is 302 g/mol. The Bertz CT molecular complexity index is 624. The third kappa shape index (κ3) is 2.42. The molecular weight excluding hydrogens is 280 g/mol. The lowest BCUT2D eigenvalue weighted by atomic mass is 9.88. The van der Waals surface area contributed by atoms with Gasteiger partial charge in [0.05, 0.1) is 10.2 Å². The largest absolute Gasteiger partial charge is 0.355 e. The van der Waals surface area contributed by atoms with Crippen LogP contribution in [-0.2, 0) is 0 Å². The Morgan fingerprint density at radius 3 is 2.86 bits per heavy atom. The molecule has 0 aliphatic carbocycles. The van der Waals surface area contributed by atoms with Gasteiger partial charge in [0.15, 0.2) is 0 Å². The number of hydrogen-bond acceptors (Lipinski definition) is 5. The van der Waals surface area contributed by atoms with Gasteiger partial charge in [-0.05, 0) is 56.0 Å². The summed E-state index contributed by atoms with van der Waals surface area (Å²) in [6.45, 7) is 5.61. The number of fused-ring (bicyclic) bond motifs is 1. The Morgan fingerprint density at radius 2 is 2.10 bits per heavy atom. The van der Waals surface area contributed by atoms with Gasteiger partial charge in [0.2, 0.25) is 0 Å². The summed E-state index contributed by atoms with van der Waals surface area (Å²) in [5, 5.41) is 5.86. The van der Waals surface area contributed by atoms with Crippen LogP contribution in [-0.4, -0.2) is 35.6 Å². The SMILES string of the molecule is Cc1csc2c(N3CCC(C4CCCN4)CC3)ncnc12. The topological polar surface area (TPSA) is 41.0 Å². The van der Waals surface area contributed by atoms with Crippen LogP contribution in [0.3, 0.4) is 0 Å². The van der Waals surface area contributed by atoms with Gasteiger partial charge in [0.25, 0.3) is 0 Å². The van der Waals surface area contributed by atoms with E-state index in [0.717, 1.165) is 36.4 Å². The fraction of sp³-hybridized carbons (Fsp3) is 0.625. The van der Waals surface area contributed by atoms with Gasteiger partial charge >= 0.3 is 0 Å². The molecule has 0 aromatic carbocycles. The molecule has 5 heteroatoms. The van der Waals surface area contributed by atoms with E-state index >= 15 is 0 Å². The highest BCUT2D eigenvalue weighted by Gasteiger charge is 2.29. The van der Waals surface area contributed by atoms with Crippen molar-refractivity contribution >= 4 is 27.4 Å². The van der Waals surface area contributed by atoms with E-state index in [0.29, 0.717) is 0 Å². The van der Waals surface area contributed by atoms with Crippen molar-refractivity contribution in [2.24, 2.45) is 5.92 Å². The quantitative estimate of drug-likeness (QED) is 0.926. The van der Waals surface area contributed by atoms with Gasteiger partial charge in [0, 0.05) is 19.1 Å². The van der Waals surface area contributed by atoms with Gasteiger partial charge in [-0.15, -0.1) is 11.3 Å². The number of nitrogens with zero attached hydrogens (tertiary/aromatic N) is 3. The Balaban J connectivity index is 1.52. The summed E-state index contributed by atoms with van der Waals surface area (Å²) < 4.78 is 1.26. The zero-order chi connectivity index (χ0) is 14.2. The zero-order valence-corrected chi connectivity index (χ0v) is 13.3. The minimum absolute atomic E-state index is 0.765. The van der Waals surface area contributed by atoms with Gasteiger partial charge in [-0.25, -0.2) is 9.97 Å². The zero-order valence-electron chi connectivity index (χ0n) is 12.5. The first kappa shape index (κ1) is 13.5. The van der Waals surface area contributed by atoms with E-state index in [1.165, 1.54) is 42.5 Å². The molecule has 112 valence electrons. The number of thiophene rings is 1. The maximum Gasteiger partial charge on any atom is 0.150 e. The molecule has 0 bridgehead atoms. The molecule has 2 aliphatic heterocycles. The lowest BCUT2D eigenvalue weighted by molar-refractivity contribution is 0.318. The minimum atomic E-state index is 0.765. The predicted molar refractivity (Wildman–Crippen MR) is 88.1 cm³/mol. The lowest BCUT2D eigenvalue weighted by Crippen LogP contribution is -2.41. The summed E-state index contributed by atoms with van der Waals surface area (Å²) in [4.78, 5) is 11.5. The molecule has 0 spiro atoms. The first-order valence-corrected chi connectivity index (χ1v) is 8.88. The van der Waals surface area contributed by atoms with Crippen LogP contribution >= 0.6 is 11.3 Å². The van der Waals surface area contributed by atoms with Crippen LogP contribution in [0.15, 0.2) is 11.7 Å². The number of piperidine rings is 1. The highest BCUT2D eigenvalue weighted by atomic mass is 32.1. The molecule has 2 aromatic heterocycles. The summed E-state index contributed by atoms with van der Waals surface area (Å²) >= 11 is 1.78. The maximum atomic E-state index is 4.58. The maximum absolute atomic E-state index is 4.58. The summed E-state index contributed by atoms with van der Waals surface area (Å²) in [7, 11) is 0. The smallest absolute Gasteiger partial charge is 0.150 e. The van der Waals surface area contributed by atoms with Gasteiger partial charge in [-0.1, -0.05) is 0 Å². The van der Waals surface area contributed by atoms with Crippen LogP contribution in [0.25, 0.3) is 10.2 Å². The van der Waals surface area contributed by atoms with Crippen molar-refractivity contribution in [3.63, 3.8) is 0 Å². The second-order valence-corrected chi connectivity index (χ2v) is 7.20. The number of hydrogen-bond donors (Lipinski definition) is 1. The molecule has 2 aromatic rings. The van der Waals surface area contributed by atoms with Gasteiger partial charge < -0.3 is 10.2 Å². The molecular formula is C16H22N4S. The van der Waals surface area contributed by atoms with E-state index in [2.05, 4.69) is 32.5 Å². The Kier molecular flexibility index (Phi) is 3.55.